The van der Waals surface area contributed by atoms with Crippen LogP contribution in [0.15, 0.2) is 31.0 Å². The number of alkyl halides is 2. The molecule has 30 heavy (non-hydrogen) atoms. The van der Waals surface area contributed by atoms with E-state index in [9.17, 15) is 8.78 Å². The minimum absolute atomic E-state index is 0.0651. The molecular weight excluding hydrogens is 376 g/mol. The molecule has 1 fully saturated rings. The van der Waals surface area contributed by atoms with Crippen LogP contribution >= 0.6 is 0 Å². The third kappa shape index (κ3) is 6.73. The molecule has 0 spiro atoms. The Hall–Kier alpha value is -2.08. The highest BCUT2D eigenvalue weighted by atomic mass is 19.3. The third-order valence-electron chi connectivity index (χ3n) is 5.93. The minimum atomic E-state index is -2.85. The van der Waals surface area contributed by atoms with Crippen molar-refractivity contribution in [2.24, 2.45) is 11.8 Å². The van der Waals surface area contributed by atoms with Gasteiger partial charge in [-0.05, 0) is 55.4 Å². The van der Waals surface area contributed by atoms with Gasteiger partial charge >= 0.3 is 0 Å². The van der Waals surface area contributed by atoms with Crippen molar-refractivity contribution in [1.29, 1.82) is 0 Å². The van der Waals surface area contributed by atoms with E-state index in [1.165, 1.54) is 38.2 Å². The first-order chi connectivity index (χ1) is 14.2. The molecule has 0 N–H and O–H groups in total. The molecule has 2 aromatic heterocycles. The molecule has 0 radical (unpaired) electrons. The zero-order valence-electron chi connectivity index (χ0n) is 19.5. The summed E-state index contributed by atoms with van der Waals surface area (Å²) in [6.07, 6.45) is 19.1. The molecule has 2 unspecified atom stereocenters. The molecule has 3 heteroatoms. The Morgan fingerprint density at radius 1 is 1.27 bits per heavy atom. The SMILES string of the molecule is C#C.C=C(C)c1cc(CCC)n2cccc(C(C)(F)F)c12.CCC1CCCC(C)C1. The highest BCUT2D eigenvalue weighted by Crippen LogP contribution is 2.35. The smallest absolute Gasteiger partial charge is 0.272 e. The van der Waals surface area contributed by atoms with Crippen LogP contribution in [-0.2, 0) is 12.3 Å². The van der Waals surface area contributed by atoms with Gasteiger partial charge < -0.3 is 4.40 Å². The topological polar surface area (TPSA) is 4.41 Å². The second-order valence-electron chi connectivity index (χ2n) is 8.65. The molecule has 0 amide bonds. The van der Waals surface area contributed by atoms with Crippen molar-refractivity contribution in [1.82, 2.24) is 4.40 Å². The fraction of sp³-hybridized carbons (Fsp3) is 0.556. The van der Waals surface area contributed by atoms with Crippen molar-refractivity contribution >= 4 is 11.1 Å². The monoisotopic (exact) mass is 415 g/mol. The molecule has 1 aliphatic carbocycles. The normalized spacial score (nSPS) is 18.7. The molecule has 0 aromatic carbocycles. The van der Waals surface area contributed by atoms with Gasteiger partial charge in [-0.25, -0.2) is 8.78 Å². The molecule has 0 bridgehead atoms. The van der Waals surface area contributed by atoms with Crippen molar-refractivity contribution in [2.45, 2.75) is 85.5 Å². The van der Waals surface area contributed by atoms with Crippen molar-refractivity contribution in [3.8, 4) is 12.8 Å². The number of hydrogen-bond donors (Lipinski definition) is 0. The van der Waals surface area contributed by atoms with Crippen LogP contribution in [0.25, 0.3) is 11.1 Å². The lowest BCUT2D eigenvalue weighted by molar-refractivity contribution is 0.0187. The number of terminal acetylenes is 1. The lowest BCUT2D eigenvalue weighted by Gasteiger charge is -2.25. The molecule has 166 valence electrons. The molecule has 2 heterocycles. The van der Waals surface area contributed by atoms with Crippen LogP contribution in [-0.4, -0.2) is 4.40 Å². The second kappa shape index (κ2) is 11.9. The van der Waals surface area contributed by atoms with Gasteiger partial charge in [0.2, 0.25) is 0 Å². The molecule has 1 saturated carbocycles. The zero-order chi connectivity index (χ0) is 22.9. The summed E-state index contributed by atoms with van der Waals surface area (Å²) in [4.78, 5) is 0. The summed E-state index contributed by atoms with van der Waals surface area (Å²) in [5.74, 6) is -0.772. The summed E-state index contributed by atoms with van der Waals surface area (Å²) >= 11 is 0. The van der Waals surface area contributed by atoms with Gasteiger partial charge in [0.05, 0.1) is 5.52 Å². The average Bonchev–Trinajstić information content (AvgIpc) is 3.08. The first kappa shape index (κ1) is 26.0. The number of pyridine rings is 1. The van der Waals surface area contributed by atoms with E-state index in [0.29, 0.717) is 5.52 Å². The molecule has 2 atom stereocenters. The van der Waals surface area contributed by atoms with E-state index >= 15 is 0 Å². The molecule has 3 rings (SSSR count). The average molecular weight is 416 g/mol. The number of fused-ring (bicyclic) bond motifs is 1. The molecule has 1 nitrogen and oxygen atoms in total. The van der Waals surface area contributed by atoms with Crippen LogP contribution in [0.1, 0.15) is 90.0 Å². The molecular formula is C27H39F2N. The van der Waals surface area contributed by atoms with Crippen LogP contribution in [0, 0.1) is 24.7 Å². The maximum Gasteiger partial charge on any atom is 0.272 e. The minimum Gasteiger partial charge on any atom is -0.320 e. The van der Waals surface area contributed by atoms with E-state index in [4.69, 9.17) is 0 Å². The fourth-order valence-corrected chi connectivity index (χ4v) is 4.39. The quantitative estimate of drug-likeness (QED) is 0.431. The van der Waals surface area contributed by atoms with Crippen molar-refractivity contribution in [3.63, 3.8) is 0 Å². The number of aromatic nitrogens is 1. The van der Waals surface area contributed by atoms with Gasteiger partial charge in [0.25, 0.3) is 5.92 Å². The van der Waals surface area contributed by atoms with E-state index in [1.807, 2.05) is 23.6 Å². The fourth-order valence-electron chi connectivity index (χ4n) is 4.39. The van der Waals surface area contributed by atoms with Crippen LogP contribution in [0.4, 0.5) is 8.78 Å². The Bertz CT molecular complexity index is 822. The van der Waals surface area contributed by atoms with Crippen LogP contribution < -0.4 is 0 Å². The number of hydrogen-bond acceptors (Lipinski definition) is 0. The largest absolute Gasteiger partial charge is 0.320 e. The second-order valence-corrected chi connectivity index (χ2v) is 8.65. The highest BCUT2D eigenvalue weighted by molar-refractivity contribution is 5.80. The summed E-state index contributed by atoms with van der Waals surface area (Å²) in [5, 5.41) is 0. The maximum atomic E-state index is 13.8. The van der Waals surface area contributed by atoms with E-state index in [1.54, 1.807) is 6.07 Å². The summed E-state index contributed by atoms with van der Waals surface area (Å²) in [6, 6.07) is 5.16. The third-order valence-corrected chi connectivity index (χ3v) is 5.93. The number of allylic oxidation sites excluding steroid dienone is 1. The molecule has 0 aliphatic heterocycles. The van der Waals surface area contributed by atoms with Gasteiger partial charge in [0.1, 0.15) is 0 Å². The Kier molecular flexibility index (Phi) is 10.3. The predicted octanol–water partition coefficient (Wildman–Crippen LogP) is 8.51. The van der Waals surface area contributed by atoms with E-state index in [-0.39, 0.29) is 5.56 Å². The molecule has 1 aliphatic rings. The van der Waals surface area contributed by atoms with Gasteiger partial charge in [0, 0.05) is 29.9 Å². The maximum absolute atomic E-state index is 13.8. The van der Waals surface area contributed by atoms with Crippen LogP contribution in [0.2, 0.25) is 0 Å². The van der Waals surface area contributed by atoms with E-state index in [2.05, 4.69) is 40.2 Å². The lowest BCUT2D eigenvalue weighted by Crippen LogP contribution is -2.11. The summed E-state index contributed by atoms with van der Waals surface area (Å²) in [7, 11) is 0. The summed E-state index contributed by atoms with van der Waals surface area (Å²) in [5.41, 5.74) is 3.35. The first-order valence-electron chi connectivity index (χ1n) is 11.2. The number of aryl methyl sites for hydroxylation is 1. The number of rotatable bonds is 5. The molecule has 0 saturated heterocycles. The van der Waals surface area contributed by atoms with Gasteiger partial charge in [-0.2, -0.15) is 0 Å². The Labute approximate surface area is 182 Å². The lowest BCUT2D eigenvalue weighted by atomic mass is 9.81. The standard InChI is InChI=1S/C16H19F2N.C9H18.C2H2/c1-5-7-12-10-13(11(2)3)15-14(16(4,17)18)8-6-9-19(12)15;1-3-9-6-4-5-8(2)7-9;1-2/h6,8-10H,2,5,7H2,1,3-4H3;8-9H,3-7H2,1-2H3;1-2H. The van der Waals surface area contributed by atoms with E-state index in [0.717, 1.165) is 48.4 Å². The highest BCUT2D eigenvalue weighted by Gasteiger charge is 2.29. The Balaban J connectivity index is 0.000000342. The molecule has 2 aromatic rings. The Morgan fingerprint density at radius 2 is 1.93 bits per heavy atom. The first-order valence-corrected chi connectivity index (χ1v) is 11.2. The van der Waals surface area contributed by atoms with Crippen LogP contribution in [0.5, 0.6) is 0 Å². The van der Waals surface area contributed by atoms with Gasteiger partial charge in [0.15, 0.2) is 0 Å². The van der Waals surface area contributed by atoms with Gasteiger partial charge in [-0.3, -0.25) is 0 Å². The van der Waals surface area contributed by atoms with Crippen molar-refractivity contribution in [2.75, 3.05) is 0 Å². The zero-order valence-corrected chi connectivity index (χ0v) is 19.5. The van der Waals surface area contributed by atoms with Gasteiger partial charge in [-0.15, -0.1) is 12.8 Å². The van der Waals surface area contributed by atoms with Crippen LogP contribution in [0.3, 0.4) is 0 Å². The number of halogens is 2. The van der Waals surface area contributed by atoms with Gasteiger partial charge in [-0.1, -0.05) is 59.5 Å². The van der Waals surface area contributed by atoms with Crippen molar-refractivity contribution < 1.29 is 8.78 Å². The Morgan fingerprint density at radius 3 is 2.40 bits per heavy atom. The van der Waals surface area contributed by atoms with Crippen molar-refractivity contribution in [3.05, 3.63) is 47.8 Å². The van der Waals surface area contributed by atoms with E-state index < -0.39 is 5.92 Å². The predicted molar refractivity (Wildman–Crippen MR) is 127 cm³/mol. The summed E-state index contributed by atoms with van der Waals surface area (Å²) in [6.45, 7) is 13.5. The number of nitrogens with zero attached hydrogens (tertiary/aromatic N) is 1. The summed E-state index contributed by atoms with van der Waals surface area (Å²) < 4.78 is 29.4.